The second kappa shape index (κ2) is 4.43. The van der Waals surface area contributed by atoms with Crippen molar-refractivity contribution < 1.29 is 19.8 Å². The van der Waals surface area contributed by atoms with Gasteiger partial charge in [-0.25, -0.2) is 0 Å². The first-order valence-corrected chi connectivity index (χ1v) is 6.08. The summed E-state index contributed by atoms with van der Waals surface area (Å²) in [5, 5.41) is 18.8. The van der Waals surface area contributed by atoms with E-state index in [1.807, 2.05) is 0 Å². The minimum Gasteiger partial charge on any atom is -0.394 e. The molecule has 1 heterocycles. The van der Waals surface area contributed by atoms with Crippen molar-refractivity contribution >= 4 is 11.8 Å². The van der Waals surface area contributed by atoms with Gasteiger partial charge in [0.05, 0.1) is 29.9 Å². The van der Waals surface area contributed by atoms with Crippen LogP contribution in [-0.4, -0.2) is 45.7 Å². The molecule has 0 aromatic heterocycles. The lowest BCUT2D eigenvalue weighted by molar-refractivity contribution is 0.00985. The summed E-state index contributed by atoms with van der Waals surface area (Å²) in [7, 11) is 0. The van der Waals surface area contributed by atoms with E-state index in [-0.39, 0.29) is 0 Å². The SMILES string of the molecule is Cc1ccc(C)c2c1C(=O)N(C(C)(CO)CO)C2=O. The van der Waals surface area contributed by atoms with E-state index in [9.17, 15) is 19.8 Å². The largest absolute Gasteiger partial charge is 0.394 e. The van der Waals surface area contributed by atoms with Gasteiger partial charge >= 0.3 is 0 Å². The highest BCUT2D eigenvalue weighted by atomic mass is 16.3. The maximum atomic E-state index is 12.4. The van der Waals surface area contributed by atoms with Gasteiger partial charge in [0.15, 0.2) is 0 Å². The van der Waals surface area contributed by atoms with Gasteiger partial charge in [-0.05, 0) is 31.9 Å². The lowest BCUT2D eigenvalue weighted by atomic mass is 9.99. The Labute approximate surface area is 111 Å². The summed E-state index contributed by atoms with van der Waals surface area (Å²) in [6.07, 6.45) is 0. The Bertz CT molecular complexity index is 520. The molecule has 5 heteroatoms. The van der Waals surface area contributed by atoms with Crippen molar-refractivity contribution in [3.8, 4) is 0 Å². The Kier molecular flexibility index (Phi) is 3.20. The van der Waals surface area contributed by atoms with Gasteiger partial charge in [0.1, 0.15) is 0 Å². The van der Waals surface area contributed by atoms with Crippen LogP contribution in [0.15, 0.2) is 12.1 Å². The number of nitrogens with zero attached hydrogens (tertiary/aromatic N) is 1. The van der Waals surface area contributed by atoms with Crippen molar-refractivity contribution in [3.05, 3.63) is 34.4 Å². The lowest BCUT2D eigenvalue weighted by Crippen LogP contribution is -2.54. The summed E-state index contributed by atoms with van der Waals surface area (Å²) >= 11 is 0. The van der Waals surface area contributed by atoms with Crippen molar-refractivity contribution in [2.75, 3.05) is 13.2 Å². The van der Waals surface area contributed by atoms with E-state index in [1.165, 1.54) is 6.92 Å². The lowest BCUT2D eigenvalue weighted by Gasteiger charge is -2.33. The first-order chi connectivity index (χ1) is 8.87. The number of aliphatic hydroxyl groups is 2. The minimum atomic E-state index is -1.29. The van der Waals surface area contributed by atoms with Crippen molar-refractivity contribution in [1.82, 2.24) is 4.90 Å². The van der Waals surface area contributed by atoms with Gasteiger partial charge in [-0.1, -0.05) is 12.1 Å². The van der Waals surface area contributed by atoms with Gasteiger partial charge in [-0.15, -0.1) is 0 Å². The van der Waals surface area contributed by atoms with Crippen LogP contribution in [0.4, 0.5) is 0 Å². The Morgan fingerprint density at radius 1 is 1.00 bits per heavy atom. The summed E-state index contributed by atoms with van der Waals surface area (Å²) in [6, 6.07) is 3.58. The molecular weight excluding hydrogens is 246 g/mol. The van der Waals surface area contributed by atoms with Gasteiger partial charge in [0.25, 0.3) is 11.8 Å². The smallest absolute Gasteiger partial charge is 0.262 e. The number of imide groups is 1. The summed E-state index contributed by atoms with van der Waals surface area (Å²) in [6.45, 7) is 4.06. The first kappa shape index (κ1) is 13.7. The van der Waals surface area contributed by atoms with E-state index in [2.05, 4.69) is 0 Å². The van der Waals surface area contributed by atoms with Crippen LogP contribution in [-0.2, 0) is 0 Å². The number of aryl methyl sites for hydroxylation is 2. The molecule has 0 radical (unpaired) electrons. The van der Waals surface area contributed by atoms with E-state index in [0.717, 1.165) is 16.0 Å². The van der Waals surface area contributed by atoms with E-state index in [4.69, 9.17) is 0 Å². The normalized spacial score (nSPS) is 15.1. The first-order valence-electron chi connectivity index (χ1n) is 6.08. The Balaban J connectivity index is 2.63. The fourth-order valence-electron chi connectivity index (χ4n) is 2.36. The second-order valence-electron chi connectivity index (χ2n) is 5.21. The zero-order chi connectivity index (χ0) is 14.4. The third kappa shape index (κ3) is 1.77. The van der Waals surface area contributed by atoms with Gasteiger partial charge in [0.2, 0.25) is 0 Å². The molecule has 0 fully saturated rings. The predicted octanol–water partition coefficient (Wildman–Crippen LogP) is 0.643. The number of hydrogen-bond acceptors (Lipinski definition) is 4. The molecule has 0 saturated heterocycles. The number of fused-ring (bicyclic) bond motifs is 1. The summed E-state index contributed by atoms with van der Waals surface area (Å²) < 4.78 is 0. The zero-order valence-corrected chi connectivity index (χ0v) is 11.2. The molecule has 0 atom stereocenters. The van der Waals surface area contributed by atoms with Crippen LogP contribution in [0.3, 0.4) is 0 Å². The second-order valence-corrected chi connectivity index (χ2v) is 5.21. The Morgan fingerprint density at radius 2 is 1.37 bits per heavy atom. The van der Waals surface area contributed by atoms with Gasteiger partial charge < -0.3 is 10.2 Å². The average Bonchev–Trinajstić information content (AvgIpc) is 2.67. The molecule has 1 aliphatic rings. The molecule has 1 aromatic rings. The average molecular weight is 263 g/mol. The van der Waals surface area contributed by atoms with E-state index >= 15 is 0 Å². The fourth-order valence-corrected chi connectivity index (χ4v) is 2.36. The summed E-state index contributed by atoms with van der Waals surface area (Å²) in [4.78, 5) is 25.8. The Hall–Kier alpha value is -1.72. The number of aliphatic hydroxyl groups excluding tert-OH is 2. The monoisotopic (exact) mass is 263 g/mol. The number of carbonyl (C=O) groups excluding carboxylic acids is 2. The Morgan fingerprint density at radius 3 is 1.68 bits per heavy atom. The topological polar surface area (TPSA) is 77.8 Å². The van der Waals surface area contributed by atoms with E-state index in [1.54, 1.807) is 26.0 Å². The quantitative estimate of drug-likeness (QED) is 0.785. The zero-order valence-electron chi connectivity index (χ0n) is 11.2. The molecule has 2 N–H and O–H groups in total. The maximum absolute atomic E-state index is 12.4. The molecule has 19 heavy (non-hydrogen) atoms. The standard InChI is InChI=1S/C14H17NO4/c1-8-4-5-9(2)11-10(8)12(18)15(13(11)19)14(3,6-16)7-17/h4-5,16-17H,6-7H2,1-3H3. The van der Waals surface area contributed by atoms with Crippen LogP contribution in [0.25, 0.3) is 0 Å². The summed E-state index contributed by atoms with van der Waals surface area (Å²) in [5.41, 5.74) is 0.905. The maximum Gasteiger partial charge on any atom is 0.262 e. The number of benzene rings is 1. The van der Waals surface area contributed by atoms with Crippen LogP contribution in [0.2, 0.25) is 0 Å². The van der Waals surface area contributed by atoms with Crippen molar-refractivity contribution in [2.45, 2.75) is 26.3 Å². The highest BCUT2D eigenvalue weighted by molar-refractivity contribution is 6.23. The number of amides is 2. The molecule has 2 rings (SSSR count). The third-order valence-electron chi connectivity index (χ3n) is 3.68. The fraction of sp³-hybridized carbons (Fsp3) is 0.429. The highest BCUT2D eigenvalue weighted by Gasteiger charge is 2.47. The molecule has 0 spiro atoms. The number of hydrogen-bond donors (Lipinski definition) is 2. The molecule has 0 bridgehead atoms. The molecule has 5 nitrogen and oxygen atoms in total. The third-order valence-corrected chi connectivity index (χ3v) is 3.68. The van der Waals surface area contributed by atoms with Gasteiger partial charge in [-0.2, -0.15) is 0 Å². The molecular formula is C14H17NO4. The summed E-state index contributed by atoms with van der Waals surface area (Å²) in [5.74, 6) is -0.904. The van der Waals surface area contributed by atoms with Crippen LogP contribution in [0, 0.1) is 13.8 Å². The molecule has 0 saturated carbocycles. The van der Waals surface area contributed by atoms with E-state index < -0.39 is 30.6 Å². The molecule has 0 aliphatic carbocycles. The molecule has 1 aliphatic heterocycles. The van der Waals surface area contributed by atoms with Crippen LogP contribution < -0.4 is 0 Å². The number of rotatable bonds is 3. The minimum absolute atomic E-state index is 0.373. The molecule has 0 unspecified atom stereocenters. The van der Waals surface area contributed by atoms with Crippen LogP contribution in [0.1, 0.15) is 38.8 Å². The highest BCUT2D eigenvalue weighted by Crippen LogP contribution is 2.33. The number of carbonyl (C=O) groups is 2. The molecule has 102 valence electrons. The van der Waals surface area contributed by atoms with Crippen molar-refractivity contribution in [1.29, 1.82) is 0 Å². The molecule has 1 aromatic carbocycles. The van der Waals surface area contributed by atoms with E-state index in [0.29, 0.717) is 11.1 Å². The van der Waals surface area contributed by atoms with Gasteiger partial charge in [-0.3, -0.25) is 14.5 Å². The predicted molar refractivity (Wildman–Crippen MR) is 69.0 cm³/mol. The van der Waals surface area contributed by atoms with Crippen LogP contribution >= 0.6 is 0 Å². The molecule has 2 amide bonds. The van der Waals surface area contributed by atoms with Crippen molar-refractivity contribution in [2.24, 2.45) is 0 Å². The van der Waals surface area contributed by atoms with Crippen molar-refractivity contribution in [3.63, 3.8) is 0 Å². The van der Waals surface area contributed by atoms with Gasteiger partial charge in [0, 0.05) is 0 Å². The van der Waals surface area contributed by atoms with Crippen LogP contribution in [0.5, 0.6) is 0 Å².